The molecular formula is C24H27N5O4S2. The summed E-state index contributed by atoms with van der Waals surface area (Å²) in [5.41, 5.74) is 3.35. The van der Waals surface area contributed by atoms with Gasteiger partial charge in [0, 0.05) is 18.2 Å². The van der Waals surface area contributed by atoms with Crippen molar-refractivity contribution in [3.8, 4) is 23.2 Å². The lowest BCUT2D eigenvalue weighted by Gasteiger charge is -2.17. The average molecular weight is 514 g/mol. The number of ether oxygens (including phenoxy) is 1. The van der Waals surface area contributed by atoms with Crippen LogP contribution in [0.2, 0.25) is 0 Å². The van der Waals surface area contributed by atoms with Crippen LogP contribution < -0.4 is 9.46 Å². The summed E-state index contributed by atoms with van der Waals surface area (Å²) in [4.78, 5) is 21.5. The van der Waals surface area contributed by atoms with E-state index in [-0.39, 0.29) is 29.1 Å². The third kappa shape index (κ3) is 6.03. The number of carbonyl (C=O) groups excluding carboxylic acids is 1. The minimum absolute atomic E-state index is 0.114. The van der Waals surface area contributed by atoms with Crippen LogP contribution in [0.5, 0.6) is 5.88 Å². The number of benzene rings is 1. The highest BCUT2D eigenvalue weighted by atomic mass is 32.2. The molecule has 3 aromatic rings. The smallest absolute Gasteiger partial charge is 0.259 e. The van der Waals surface area contributed by atoms with Crippen molar-refractivity contribution in [1.82, 2.24) is 14.7 Å². The first-order valence-corrected chi connectivity index (χ1v) is 13.2. The van der Waals surface area contributed by atoms with Crippen LogP contribution in [0.15, 0.2) is 51.3 Å². The fourth-order valence-corrected chi connectivity index (χ4v) is 6.06. The molecule has 0 aliphatic rings. The molecule has 35 heavy (non-hydrogen) atoms. The molecule has 1 unspecified atom stereocenters. The van der Waals surface area contributed by atoms with Crippen LogP contribution in [0.25, 0.3) is 11.1 Å². The van der Waals surface area contributed by atoms with Crippen molar-refractivity contribution >= 4 is 27.2 Å². The first-order chi connectivity index (χ1) is 16.7. The van der Waals surface area contributed by atoms with Gasteiger partial charge in [-0.1, -0.05) is 39.0 Å². The van der Waals surface area contributed by atoms with E-state index in [4.69, 9.17) is 4.74 Å². The van der Waals surface area contributed by atoms with Crippen LogP contribution in [0.4, 0.5) is 0 Å². The van der Waals surface area contributed by atoms with Gasteiger partial charge in [0.25, 0.3) is 5.91 Å². The third-order valence-electron chi connectivity index (χ3n) is 5.30. The van der Waals surface area contributed by atoms with Crippen molar-refractivity contribution in [1.29, 1.82) is 5.26 Å². The van der Waals surface area contributed by atoms with Gasteiger partial charge in [0.15, 0.2) is 16.1 Å². The predicted octanol–water partition coefficient (Wildman–Crippen LogP) is 4.01. The Morgan fingerprint density at radius 2 is 2.09 bits per heavy atom. The van der Waals surface area contributed by atoms with E-state index in [1.54, 1.807) is 25.4 Å². The third-order valence-corrected chi connectivity index (χ3v) is 8.73. The number of hydrogen-bond donors (Lipinski definition) is 2. The number of pyridine rings is 1. The number of thiazole rings is 1. The molecule has 2 N–H and O–H groups in total. The quantitative estimate of drug-likeness (QED) is 0.326. The summed E-state index contributed by atoms with van der Waals surface area (Å²) in [6.07, 6.45) is 4.49. The first kappa shape index (κ1) is 26.3. The van der Waals surface area contributed by atoms with Gasteiger partial charge in [0.05, 0.1) is 31.3 Å². The van der Waals surface area contributed by atoms with E-state index in [1.165, 1.54) is 13.3 Å². The molecule has 11 heteroatoms. The van der Waals surface area contributed by atoms with Crippen molar-refractivity contribution in [2.75, 3.05) is 13.7 Å². The Kier molecular flexibility index (Phi) is 8.56. The summed E-state index contributed by atoms with van der Waals surface area (Å²) in [6.45, 7) is 5.69. The summed E-state index contributed by atoms with van der Waals surface area (Å²) < 4.78 is 25.1. The van der Waals surface area contributed by atoms with Gasteiger partial charge in [-0.2, -0.15) is 5.26 Å². The van der Waals surface area contributed by atoms with Crippen molar-refractivity contribution in [2.24, 2.45) is 4.36 Å². The normalized spacial score (nSPS) is 13.5. The highest BCUT2D eigenvalue weighted by molar-refractivity contribution is 7.94. The molecule has 2 aromatic heterocycles. The number of nitrogens with one attached hydrogen (secondary N) is 1. The van der Waals surface area contributed by atoms with Crippen LogP contribution in [0.3, 0.4) is 0 Å². The summed E-state index contributed by atoms with van der Waals surface area (Å²) in [5.74, 6) is -0.350. The lowest BCUT2D eigenvalue weighted by molar-refractivity contribution is -0.117. The maximum absolute atomic E-state index is 13.5. The second-order valence-corrected chi connectivity index (χ2v) is 11.3. The number of amides is 1. The summed E-state index contributed by atoms with van der Waals surface area (Å²) in [5, 5.41) is 19.1. The van der Waals surface area contributed by atoms with E-state index in [1.807, 2.05) is 38.1 Å². The highest BCUT2D eigenvalue weighted by Crippen LogP contribution is 2.32. The summed E-state index contributed by atoms with van der Waals surface area (Å²) in [7, 11) is -2.04. The van der Waals surface area contributed by atoms with E-state index in [0.717, 1.165) is 33.6 Å². The van der Waals surface area contributed by atoms with E-state index >= 15 is 0 Å². The fourth-order valence-electron chi connectivity index (χ4n) is 3.51. The van der Waals surface area contributed by atoms with Crippen LogP contribution in [-0.2, 0) is 21.1 Å². The van der Waals surface area contributed by atoms with Crippen molar-refractivity contribution in [3.63, 3.8) is 0 Å². The lowest BCUT2D eigenvalue weighted by Crippen LogP contribution is -2.20. The molecular weight excluding hydrogens is 486 g/mol. The van der Waals surface area contributed by atoms with Crippen molar-refractivity contribution in [2.45, 2.75) is 43.2 Å². The van der Waals surface area contributed by atoms with Gasteiger partial charge in [-0.3, -0.25) is 4.79 Å². The number of aromatic nitrogens is 2. The molecule has 0 spiro atoms. The molecule has 0 bridgehead atoms. The Labute approximate surface area is 209 Å². The number of hydrogen-bond acceptors (Lipinski definition) is 8. The Morgan fingerprint density at radius 3 is 2.74 bits per heavy atom. The summed E-state index contributed by atoms with van der Waals surface area (Å²) >= 11 is 1.05. The monoisotopic (exact) mass is 513 g/mol. The molecule has 0 radical (unpaired) electrons. The van der Waals surface area contributed by atoms with Gasteiger partial charge in [-0.15, -0.1) is 15.7 Å². The second-order valence-electron chi connectivity index (χ2n) is 8.12. The van der Waals surface area contributed by atoms with Gasteiger partial charge in [0.1, 0.15) is 4.21 Å². The van der Waals surface area contributed by atoms with E-state index < -0.39 is 15.8 Å². The predicted molar refractivity (Wildman–Crippen MR) is 134 cm³/mol. The summed E-state index contributed by atoms with van der Waals surface area (Å²) in [6, 6.07) is 9.39. The molecule has 2 atom stereocenters. The Morgan fingerprint density at radius 1 is 1.31 bits per heavy atom. The zero-order valence-electron chi connectivity index (χ0n) is 19.9. The standard InChI is InChI=1S/C24H27N5O4S2/c1-15(2)18-6-5-7-19(17-8-9-26-22(10-17)33-4)20(18)11-21(31)29-35(32,28-14-25)23-12-27-24(34-23)16(3)13-30/h5-10,12,15-16,30H,11,13H2,1-4H3,(H,28,29,31,32)/t16-,35?/m1/s1. The molecule has 0 fully saturated rings. The lowest BCUT2D eigenvalue weighted by atomic mass is 9.88. The highest BCUT2D eigenvalue weighted by Gasteiger charge is 2.22. The van der Waals surface area contributed by atoms with E-state index in [2.05, 4.69) is 19.1 Å². The molecule has 3 rings (SSSR count). The molecule has 0 saturated heterocycles. The molecule has 0 saturated carbocycles. The maximum Gasteiger partial charge on any atom is 0.259 e. The van der Waals surface area contributed by atoms with Crippen molar-refractivity contribution in [3.05, 3.63) is 58.9 Å². The van der Waals surface area contributed by atoms with Gasteiger partial charge < -0.3 is 9.84 Å². The topological polar surface area (TPSA) is 138 Å². The Bertz CT molecular complexity index is 1370. The fraction of sp³-hybridized carbons (Fsp3) is 0.333. The SMILES string of the molecule is COc1cc(-c2cccc(C(C)C)c2CC(=O)N=S(=O)(NC#N)c2cnc([C@H](C)CO)s2)ccn1. The molecule has 9 nitrogen and oxygen atoms in total. The minimum Gasteiger partial charge on any atom is -0.481 e. The zero-order chi connectivity index (χ0) is 25.6. The van der Waals surface area contributed by atoms with Gasteiger partial charge in [-0.25, -0.2) is 18.9 Å². The molecule has 0 aliphatic carbocycles. The number of nitriles is 1. The van der Waals surface area contributed by atoms with Gasteiger partial charge in [-0.05, 0) is 34.2 Å². The number of methoxy groups -OCH3 is 1. The molecule has 184 valence electrons. The number of aliphatic hydroxyl groups excluding tert-OH is 1. The van der Waals surface area contributed by atoms with Crippen LogP contribution in [0, 0.1) is 11.5 Å². The van der Waals surface area contributed by atoms with E-state index in [0.29, 0.717) is 10.9 Å². The number of rotatable bonds is 9. The maximum atomic E-state index is 13.5. The number of aliphatic hydroxyl groups is 1. The van der Waals surface area contributed by atoms with Crippen molar-refractivity contribution < 1.29 is 18.8 Å². The van der Waals surface area contributed by atoms with Gasteiger partial charge >= 0.3 is 0 Å². The largest absolute Gasteiger partial charge is 0.481 e. The van der Waals surface area contributed by atoms with E-state index in [9.17, 15) is 19.4 Å². The molecule has 2 heterocycles. The molecule has 1 amide bonds. The van der Waals surface area contributed by atoms with Crippen LogP contribution >= 0.6 is 11.3 Å². The second kappa shape index (κ2) is 11.4. The molecule has 1 aromatic carbocycles. The van der Waals surface area contributed by atoms with Gasteiger partial charge in [0.2, 0.25) is 5.88 Å². The van der Waals surface area contributed by atoms with Crippen LogP contribution in [-0.4, -0.2) is 38.9 Å². The van der Waals surface area contributed by atoms with Crippen LogP contribution in [0.1, 0.15) is 48.7 Å². The first-order valence-electron chi connectivity index (χ1n) is 10.9. The average Bonchev–Trinajstić information content (AvgIpc) is 3.35. The molecule has 0 aliphatic heterocycles. The Balaban J connectivity index is 2.07. The minimum atomic E-state index is -3.57. The number of carbonyl (C=O) groups is 1. The zero-order valence-corrected chi connectivity index (χ0v) is 21.5. The Hall–Kier alpha value is -3.33. The number of nitrogens with zero attached hydrogens (tertiary/aromatic N) is 4.